The van der Waals surface area contributed by atoms with Crippen molar-refractivity contribution < 1.29 is 18.3 Å². The van der Waals surface area contributed by atoms with E-state index in [2.05, 4.69) is 10.6 Å². The van der Waals surface area contributed by atoms with E-state index in [1.807, 2.05) is 6.92 Å². The van der Waals surface area contributed by atoms with Crippen LogP contribution in [0.3, 0.4) is 0 Å². The molecule has 0 saturated carbocycles. The largest absolute Gasteiger partial charge is 0.478 e. The summed E-state index contributed by atoms with van der Waals surface area (Å²) in [4.78, 5) is 10.6. The van der Waals surface area contributed by atoms with Crippen LogP contribution >= 0.6 is 23.2 Å². The first kappa shape index (κ1) is 17.8. The van der Waals surface area contributed by atoms with Gasteiger partial charge >= 0.3 is 5.97 Å². The number of rotatable bonds is 6. The molecule has 114 valence electrons. The van der Waals surface area contributed by atoms with Crippen LogP contribution in [0.1, 0.15) is 30.1 Å². The van der Waals surface area contributed by atoms with Crippen LogP contribution in [0.15, 0.2) is 17.0 Å². The van der Waals surface area contributed by atoms with Gasteiger partial charge in [-0.15, -0.1) is 6.42 Å². The average Bonchev–Trinajstić information content (AvgIpc) is 2.37. The highest BCUT2D eigenvalue weighted by atomic mass is 35.5. The van der Waals surface area contributed by atoms with Crippen molar-refractivity contribution in [2.75, 3.05) is 0 Å². The molecule has 0 aliphatic rings. The van der Waals surface area contributed by atoms with Crippen LogP contribution in [0.4, 0.5) is 0 Å². The van der Waals surface area contributed by atoms with Crippen molar-refractivity contribution in [1.82, 2.24) is 4.72 Å². The van der Waals surface area contributed by atoms with Crippen LogP contribution in [0.2, 0.25) is 10.0 Å². The van der Waals surface area contributed by atoms with E-state index < -0.39 is 22.0 Å². The van der Waals surface area contributed by atoms with Crippen LogP contribution in [-0.2, 0) is 10.0 Å². The van der Waals surface area contributed by atoms with Crippen molar-refractivity contribution in [3.63, 3.8) is 0 Å². The predicted molar refractivity (Wildman–Crippen MR) is 81.3 cm³/mol. The van der Waals surface area contributed by atoms with Crippen LogP contribution in [-0.4, -0.2) is 25.5 Å². The molecule has 0 radical (unpaired) electrons. The van der Waals surface area contributed by atoms with E-state index in [-0.39, 0.29) is 20.5 Å². The van der Waals surface area contributed by atoms with Gasteiger partial charge in [0.15, 0.2) is 0 Å². The van der Waals surface area contributed by atoms with Gasteiger partial charge in [-0.3, -0.25) is 0 Å². The Morgan fingerprint density at radius 2 is 2.05 bits per heavy atom. The number of carboxylic acid groups (broad SMARTS) is 1. The second kappa shape index (κ2) is 7.14. The van der Waals surface area contributed by atoms with Gasteiger partial charge in [-0.1, -0.05) is 42.5 Å². The Bertz CT molecular complexity index is 695. The van der Waals surface area contributed by atoms with Gasteiger partial charge in [0.25, 0.3) is 0 Å². The quantitative estimate of drug-likeness (QED) is 0.773. The van der Waals surface area contributed by atoms with Crippen LogP contribution in [0.25, 0.3) is 0 Å². The number of halogens is 2. The molecule has 8 heteroatoms. The Hall–Kier alpha value is -1.26. The fraction of sp³-hybridized carbons (Fsp3) is 0.308. The Morgan fingerprint density at radius 3 is 2.52 bits per heavy atom. The molecule has 0 heterocycles. The number of nitrogens with one attached hydrogen (secondary N) is 1. The van der Waals surface area contributed by atoms with E-state index in [9.17, 15) is 13.2 Å². The lowest BCUT2D eigenvalue weighted by molar-refractivity contribution is 0.0697. The molecule has 5 nitrogen and oxygen atoms in total. The molecule has 1 unspecified atom stereocenters. The highest BCUT2D eigenvalue weighted by Crippen LogP contribution is 2.29. The second-order valence-electron chi connectivity index (χ2n) is 4.20. The van der Waals surface area contributed by atoms with E-state index in [4.69, 9.17) is 34.7 Å². The predicted octanol–water partition coefficient (Wildman–Crippen LogP) is 2.77. The van der Waals surface area contributed by atoms with E-state index in [1.165, 1.54) is 0 Å². The van der Waals surface area contributed by atoms with E-state index in [0.717, 1.165) is 12.1 Å². The van der Waals surface area contributed by atoms with Crippen molar-refractivity contribution >= 4 is 39.2 Å². The summed E-state index contributed by atoms with van der Waals surface area (Å²) in [7, 11) is -4.04. The first-order valence-corrected chi connectivity index (χ1v) is 8.17. The lowest BCUT2D eigenvalue weighted by atomic mass is 10.2. The number of terminal acetylenes is 1. The molecule has 0 aliphatic carbocycles. The molecule has 2 N–H and O–H groups in total. The van der Waals surface area contributed by atoms with Crippen LogP contribution < -0.4 is 4.72 Å². The lowest BCUT2D eigenvalue weighted by Gasteiger charge is -2.14. The molecule has 1 aromatic rings. The average molecular weight is 350 g/mol. The Labute approximate surface area is 133 Å². The molecule has 21 heavy (non-hydrogen) atoms. The van der Waals surface area contributed by atoms with Gasteiger partial charge in [-0.2, -0.15) is 4.72 Å². The minimum absolute atomic E-state index is 0.145. The van der Waals surface area contributed by atoms with Gasteiger partial charge in [0.2, 0.25) is 10.0 Å². The van der Waals surface area contributed by atoms with Crippen molar-refractivity contribution in [2.24, 2.45) is 0 Å². The third kappa shape index (κ3) is 4.35. The molecule has 0 bridgehead atoms. The molecule has 0 fully saturated rings. The fourth-order valence-corrected chi connectivity index (χ4v) is 3.66. The van der Waals surface area contributed by atoms with Gasteiger partial charge in [0, 0.05) is 0 Å². The summed E-state index contributed by atoms with van der Waals surface area (Å²) in [5, 5.41) is 8.66. The summed E-state index contributed by atoms with van der Waals surface area (Å²) in [6, 6.07) is 1.29. The maximum absolute atomic E-state index is 12.3. The van der Waals surface area contributed by atoms with Crippen LogP contribution in [0.5, 0.6) is 0 Å². The van der Waals surface area contributed by atoms with Gasteiger partial charge < -0.3 is 5.11 Å². The molecule has 1 rings (SSSR count). The number of hydrogen-bond donors (Lipinski definition) is 2. The third-order valence-corrected chi connectivity index (χ3v) is 4.87. The Balaban J connectivity index is 3.29. The molecular formula is C13H13Cl2NO4S. The van der Waals surface area contributed by atoms with Crippen molar-refractivity contribution in [1.29, 1.82) is 0 Å². The summed E-state index contributed by atoms with van der Waals surface area (Å²) < 4.78 is 26.8. The minimum atomic E-state index is -4.04. The standard InChI is InChI=1S/C13H13Cl2NO4S/c1-3-5-8(4-2)16-21(19,20)12-6-9(13(17)18)10(14)7-11(12)15/h2,6-8,16H,3,5H2,1H3,(H,17,18). The summed E-state index contributed by atoms with van der Waals surface area (Å²) in [5.41, 5.74) is -0.353. The first-order valence-electron chi connectivity index (χ1n) is 5.93. The second-order valence-corrected chi connectivity index (χ2v) is 6.69. The van der Waals surface area contributed by atoms with Crippen molar-refractivity contribution in [3.05, 3.63) is 27.7 Å². The number of hydrogen-bond acceptors (Lipinski definition) is 3. The zero-order valence-corrected chi connectivity index (χ0v) is 13.4. The van der Waals surface area contributed by atoms with Crippen molar-refractivity contribution in [2.45, 2.75) is 30.7 Å². The Morgan fingerprint density at radius 1 is 1.43 bits per heavy atom. The number of carbonyl (C=O) groups is 1. The molecule has 0 aliphatic heterocycles. The van der Waals surface area contributed by atoms with E-state index in [1.54, 1.807) is 0 Å². The van der Waals surface area contributed by atoms with E-state index >= 15 is 0 Å². The van der Waals surface area contributed by atoms with Gasteiger partial charge in [0.1, 0.15) is 4.90 Å². The maximum Gasteiger partial charge on any atom is 0.337 e. The van der Waals surface area contributed by atoms with Crippen LogP contribution in [0, 0.1) is 12.3 Å². The zero-order valence-electron chi connectivity index (χ0n) is 11.1. The third-order valence-electron chi connectivity index (χ3n) is 2.62. The topological polar surface area (TPSA) is 83.5 Å². The SMILES string of the molecule is C#CC(CCC)NS(=O)(=O)c1cc(C(=O)O)c(Cl)cc1Cl. The number of benzene rings is 1. The highest BCUT2D eigenvalue weighted by Gasteiger charge is 2.24. The first-order chi connectivity index (χ1) is 9.72. The summed E-state index contributed by atoms with van der Waals surface area (Å²) in [5.74, 6) is 0.970. The van der Waals surface area contributed by atoms with Gasteiger partial charge in [-0.05, 0) is 18.6 Å². The van der Waals surface area contributed by atoms with Gasteiger partial charge in [-0.25, -0.2) is 13.2 Å². The number of carboxylic acids is 1. The molecule has 0 aromatic heterocycles. The molecular weight excluding hydrogens is 337 g/mol. The molecule has 0 amide bonds. The molecule has 0 spiro atoms. The smallest absolute Gasteiger partial charge is 0.337 e. The maximum atomic E-state index is 12.3. The summed E-state index contributed by atoms with van der Waals surface area (Å²) in [6.07, 6.45) is 6.40. The number of sulfonamides is 1. The van der Waals surface area contributed by atoms with Crippen molar-refractivity contribution in [3.8, 4) is 12.3 Å². The molecule has 1 atom stereocenters. The van der Waals surface area contributed by atoms with E-state index in [0.29, 0.717) is 12.8 Å². The summed E-state index contributed by atoms with van der Waals surface area (Å²) in [6.45, 7) is 1.86. The molecule has 0 saturated heterocycles. The summed E-state index contributed by atoms with van der Waals surface area (Å²) >= 11 is 11.6. The lowest BCUT2D eigenvalue weighted by Crippen LogP contribution is -2.34. The fourth-order valence-electron chi connectivity index (χ4n) is 1.61. The monoisotopic (exact) mass is 349 g/mol. The van der Waals surface area contributed by atoms with Gasteiger partial charge in [0.05, 0.1) is 21.7 Å². The minimum Gasteiger partial charge on any atom is -0.478 e. The number of aromatic carboxylic acids is 1. The highest BCUT2D eigenvalue weighted by molar-refractivity contribution is 7.89. The Kier molecular flexibility index (Phi) is 6.05. The normalized spacial score (nSPS) is 12.7. The molecule has 1 aromatic carbocycles. The zero-order chi connectivity index (χ0) is 16.2.